The third kappa shape index (κ3) is 3.30. The first-order chi connectivity index (χ1) is 12.7. The zero-order valence-electron chi connectivity index (χ0n) is 15.0. The molecule has 0 bridgehead atoms. The van der Waals surface area contributed by atoms with Crippen LogP contribution in [0.5, 0.6) is 5.88 Å². The van der Waals surface area contributed by atoms with Crippen LogP contribution in [-0.4, -0.2) is 53.9 Å². The highest BCUT2D eigenvalue weighted by Gasteiger charge is 2.15. The Kier molecular flexibility index (Phi) is 4.63. The maximum atomic E-state index is 10.1. The summed E-state index contributed by atoms with van der Waals surface area (Å²) in [6.07, 6.45) is 1.73. The van der Waals surface area contributed by atoms with E-state index in [2.05, 4.69) is 38.8 Å². The summed E-state index contributed by atoms with van der Waals surface area (Å²) in [5.41, 5.74) is 3.76. The van der Waals surface area contributed by atoms with Gasteiger partial charge in [0.2, 0.25) is 0 Å². The number of hydrogen-bond donors (Lipinski definition) is 2. The molecule has 1 aliphatic rings. The fourth-order valence-electron chi connectivity index (χ4n) is 3.49. The van der Waals surface area contributed by atoms with Crippen molar-refractivity contribution in [2.24, 2.45) is 4.99 Å². The summed E-state index contributed by atoms with van der Waals surface area (Å²) in [5, 5.41) is 11.1. The number of benzene rings is 2. The molecule has 3 aromatic rings. The van der Waals surface area contributed by atoms with Gasteiger partial charge in [0.25, 0.3) is 0 Å². The number of fused-ring (bicyclic) bond motifs is 1. The van der Waals surface area contributed by atoms with E-state index >= 15 is 0 Å². The number of rotatable bonds is 4. The zero-order valence-corrected chi connectivity index (χ0v) is 15.0. The lowest BCUT2D eigenvalue weighted by molar-refractivity contribution is 0.271. The van der Waals surface area contributed by atoms with Gasteiger partial charge in [-0.2, -0.15) is 0 Å². The summed E-state index contributed by atoms with van der Waals surface area (Å²) in [6, 6.07) is 16.1. The number of nitrogens with zero attached hydrogens (tertiary/aromatic N) is 3. The Balaban J connectivity index is 1.49. The fourth-order valence-corrected chi connectivity index (χ4v) is 3.49. The second kappa shape index (κ2) is 7.22. The van der Waals surface area contributed by atoms with Gasteiger partial charge in [-0.1, -0.05) is 25.1 Å². The molecule has 0 saturated carbocycles. The topological polar surface area (TPSA) is 54.9 Å². The molecule has 0 aliphatic carbocycles. The van der Waals surface area contributed by atoms with Crippen LogP contribution in [0, 0.1) is 0 Å². The van der Waals surface area contributed by atoms with Gasteiger partial charge in [-0.15, -0.1) is 0 Å². The van der Waals surface area contributed by atoms with Crippen molar-refractivity contribution in [2.75, 3.05) is 37.6 Å². The number of aromatic nitrogens is 1. The van der Waals surface area contributed by atoms with E-state index in [1.54, 1.807) is 6.21 Å². The minimum Gasteiger partial charge on any atom is -0.494 e. The summed E-state index contributed by atoms with van der Waals surface area (Å²) < 4.78 is 0. The average molecular weight is 348 g/mol. The van der Waals surface area contributed by atoms with Gasteiger partial charge in [-0.3, -0.25) is 4.99 Å². The van der Waals surface area contributed by atoms with Crippen molar-refractivity contribution in [3.63, 3.8) is 0 Å². The number of nitrogens with one attached hydrogen (secondary N) is 1. The van der Waals surface area contributed by atoms with Crippen LogP contribution in [0.25, 0.3) is 10.9 Å². The van der Waals surface area contributed by atoms with Gasteiger partial charge in [0, 0.05) is 49.0 Å². The van der Waals surface area contributed by atoms with Crippen LogP contribution in [0.2, 0.25) is 0 Å². The van der Waals surface area contributed by atoms with Crippen molar-refractivity contribution < 1.29 is 5.11 Å². The Morgan fingerprint density at radius 3 is 2.50 bits per heavy atom. The first-order valence-corrected chi connectivity index (χ1v) is 9.15. The number of anilines is 1. The molecular formula is C21H24N4O. The predicted octanol–water partition coefficient (Wildman–Crippen LogP) is 3.77. The Morgan fingerprint density at radius 1 is 1.04 bits per heavy atom. The van der Waals surface area contributed by atoms with Crippen LogP contribution >= 0.6 is 0 Å². The van der Waals surface area contributed by atoms with Crippen LogP contribution in [0.3, 0.4) is 0 Å². The first kappa shape index (κ1) is 16.7. The number of aromatic amines is 1. The summed E-state index contributed by atoms with van der Waals surface area (Å²) >= 11 is 0. The first-order valence-electron chi connectivity index (χ1n) is 9.15. The van der Waals surface area contributed by atoms with E-state index in [9.17, 15) is 5.11 Å². The number of likely N-dealkylation sites (N-methyl/N-ethyl adjacent to an activating group) is 1. The molecule has 2 aromatic carbocycles. The van der Waals surface area contributed by atoms with E-state index in [1.165, 1.54) is 5.69 Å². The predicted molar refractivity (Wildman–Crippen MR) is 108 cm³/mol. The van der Waals surface area contributed by atoms with E-state index in [-0.39, 0.29) is 5.88 Å². The Morgan fingerprint density at radius 2 is 1.77 bits per heavy atom. The summed E-state index contributed by atoms with van der Waals surface area (Å²) in [6.45, 7) is 7.72. The molecule has 0 spiro atoms. The maximum absolute atomic E-state index is 10.1. The van der Waals surface area contributed by atoms with Crippen molar-refractivity contribution in [3.8, 4) is 5.88 Å². The molecule has 4 rings (SSSR count). The van der Waals surface area contributed by atoms with Gasteiger partial charge < -0.3 is 19.9 Å². The largest absolute Gasteiger partial charge is 0.494 e. The van der Waals surface area contributed by atoms with E-state index in [0.29, 0.717) is 0 Å². The minimum absolute atomic E-state index is 0.153. The maximum Gasteiger partial charge on any atom is 0.198 e. The zero-order chi connectivity index (χ0) is 17.9. The lowest BCUT2D eigenvalue weighted by atomic mass is 10.2. The van der Waals surface area contributed by atoms with E-state index in [4.69, 9.17) is 0 Å². The molecule has 26 heavy (non-hydrogen) atoms. The van der Waals surface area contributed by atoms with Crippen molar-refractivity contribution in [3.05, 3.63) is 54.1 Å². The lowest BCUT2D eigenvalue weighted by Gasteiger charge is -2.35. The van der Waals surface area contributed by atoms with Crippen molar-refractivity contribution >= 4 is 28.5 Å². The molecule has 5 nitrogen and oxygen atoms in total. The van der Waals surface area contributed by atoms with E-state index in [0.717, 1.165) is 54.9 Å². The van der Waals surface area contributed by atoms with Gasteiger partial charge in [0.1, 0.15) is 0 Å². The van der Waals surface area contributed by atoms with Crippen LogP contribution in [0.15, 0.2) is 53.5 Å². The van der Waals surface area contributed by atoms with E-state index < -0.39 is 0 Å². The van der Waals surface area contributed by atoms with Gasteiger partial charge in [-0.25, -0.2) is 0 Å². The van der Waals surface area contributed by atoms with Gasteiger partial charge >= 0.3 is 0 Å². The number of hydrogen-bond acceptors (Lipinski definition) is 4. The second-order valence-electron chi connectivity index (χ2n) is 6.63. The normalized spacial score (nSPS) is 16.0. The SMILES string of the molecule is CCN1CCN(c2ccc(N=Cc3c(O)[nH]c4ccccc34)cc2)CC1. The van der Waals surface area contributed by atoms with Gasteiger partial charge in [0.15, 0.2) is 5.88 Å². The highest BCUT2D eigenvalue weighted by atomic mass is 16.3. The van der Waals surface area contributed by atoms with Gasteiger partial charge in [0.05, 0.1) is 11.3 Å². The molecule has 134 valence electrons. The van der Waals surface area contributed by atoms with Crippen LogP contribution < -0.4 is 4.90 Å². The highest BCUT2D eigenvalue weighted by molar-refractivity contribution is 6.02. The summed E-state index contributed by atoms with van der Waals surface area (Å²) in [4.78, 5) is 12.4. The Hall–Kier alpha value is -2.79. The Bertz CT molecular complexity index is 905. The monoisotopic (exact) mass is 348 g/mol. The molecule has 1 saturated heterocycles. The molecular weight excluding hydrogens is 324 g/mol. The van der Waals surface area contributed by atoms with Crippen molar-refractivity contribution in [1.29, 1.82) is 0 Å². The number of piperazine rings is 1. The molecule has 0 amide bonds. The Labute approximate surface area is 153 Å². The summed E-state index contributed by atoms with van der Waals surface area (Å²) in [5.74, 6) is 0.153. The molecule has 2 N–H and O–H groups in total. The molecule has 0 radical (unpaired) electrons. The highest BCUT2D eigenvalue weighted by Crippen LogP contribution is 2.26. The van der Waals surface area contributed by atoms with Gasteiger partial charge in [-0.05, 0) is 36.9 Å². The number of para-hydroxylation sites is 1. The molecule has 5 heteroatoms. The smallest absolute Gasteiger partial charge is 0.198 e. The molecule has 1 aliphatic heterocycles. The molecule has 2 heterocycles. The molecule has 0 unspecified atom stereocenters. The average Bonchev–Trinajstić information content (AvgIpc) is 3.02. The lowest BCUT2D eigenvalue weighted by Crippen LogP contribution is -2.46. The van der Waals surface area contributed by atoms with E-state index in [1.807, 2.05) is 36.4 Å². The quantitative estimate of drug-likeness (QED) is 0.706. The number of aliphatic imine (C=N–C) groups is 1. The van der Waals surface area contributed by atoms with Crippen LogP contribution in [0.4, 0.5) is 11.4 Å². The van der Waals surface area contributed by atoms with Crippen LogP contribution in [0.1, 0.15) is 12.5 Å². The molecule has 0 atom stereocenters. The third-order valence-electron chi connectivity index (χ3n) is 5.10. The fraction of sp³-hybridized carbons (Fsp3) is 0.286. The molecule has 1 aromatic heterocycles. The van der Waals surface area contributed by atoms with Crippen molar-refractivity contribution in [2.45, 2.75) is 6.92 Å². The van der Waals surface area contributed by atoms with Crippen molar-refractivity contribution in [1.82, 2.24) is 9.88 Å². The minimum atomic E-state index is 0.153. The van der Waals surface area contributed by atoms with Crippen LogP contribution in [-0.2, 0) is 0 Å². The summed E-state index contributed by atoms with van der Waals surface area (Å²) in [7, 11) is 0. The third-order valence-corrected chi connectivity index (χ3v) is 5.10. The number of aromatic hydroxyl groups is 1. The molecule has 1 fully saturated rings. The number of H-pyrrole nitrogens is 1. The standard InChI is InChI=1S/C21H24N4O/c1-2-24-11-13-25(14-12-24)17-9-7-16(8-10-17)22-15-19-18-5-3-4-6-20(18)23-21(19)26/h3-10,15,23,26H,2,11-14H2,1H3. The second-order valence-corrected chi connectivity index (χ2v) is 6.63.